The van der Waals surface area contributed by atoms with E-state index in [0.717, 1.165) is 34.3 Å². The van der Waals surface area contributed by atoms with E-state index >= 15 is 0 Å². The van der Waals surface area contributed by atoms with Crippen molar-refractivity contribution in [2.45, 2.75) is 19.4 Å². The van der Waals surface area contributed by atoms with Crippen LogP contribution >= 0.6 is 0 Å². The Bertz CT molecular complexity index is 1470. The van der Waals surface area contributed by atoms with Crippen molar-refractivity contribution in [3.8, 4) is 5.75 Å². The average Bonchev–Trinajstić information content (AvgIpc) is 3.36. The van der Waals surface area contributed by atoms with Gasteiger partial charge in [0.1, 0.15) is 5.75 Å². The summed E-state index contributed by atoms with van der Waals surface area (Å²) in [5.41, 5.74) is 7.28. The quantitative estimate of drug-likeness (QED) is 0.258. The Labute approximate surface area is 221 Å². The first kappa shape index (κ1) is 25.2. The van der Waals surface area contributed by atoms with Crippen molar-refractivity contribution in [3.05, 3.63) is 101 Å². The standard InChI is InChI=1S/C30H30N4O4/c1-19-15-22(23-7-3-4-8-25(23)31-19)16-20-11-13-21(14-12-20)29(35)32-26-18-34(17-24(26)30(36)33-37)27-9-5-6-10-28(27)38-2/h3-15,24,26,37H,16-18H2,1-2H3,(H,32,35)(H,33,36)/t24-,26+/m0/s1. The van der Waals surface area contributed by atoms with E-state index in [1.54, 1.807) is 24.7 Å². The molecular weight excluding hydrogens is 480 g/mol. The molecule has 0 radical (unpaired) electrons. The molecule has 2 heterocycles. The Morgan fingerprint density at radius 1 is 1.03 bits per heavy atom. The van der Waals surface area contributed by atoms with Gasteiger partial charge in [-0.2, -0.15) is 0 Å². The van der Waals surface area contributed by atoms with Crippen LogP contribution in [0, 0.1) is 12.8 Å². The largest absolute Gasteiger partial charge is 0.495 e. The summed E-state index contributed by atoms with van der Waals surface area (Å²) in [6, 6.07) is 24.7. The predicted octanol–water partition coefficient (Wildman–Crippen LogP) is 3.88. The minimum atomic E-state index is -0.628. The molecule has 2 amide bonds. The number of benzene rings is 3. The molecular formula is C30H30N4O4. The Kier molecular flexibility index (Phi) is 7.24. The lowest BCUT2D eigenvalue weighted by molar-refractivity contribution is -0.133. The summed E-state index contributed by atoms with van der Waals surface area (Å²) in [6.45, 7) is 2.72. The summed E-state index contributed by atoms with van der Waals surface area (Å²) in [5.74, 6) is -0.765. The summed E-state index contributed by atoms with van der Waals surface area (Å²) in [5, 5.41) is 13.4. The number of hydrogen-bond donors (Lipinski definition) is 3. The van der Waals surface area contributed by atoms with E-state index in [1.165, 1.54) is 5.56 Å². The number of aromatic nitrogens is 1. The van der Waals surface area contributed by atoms with Gasteiger partial charge in [-0.1, -0.05) is 42.5 Å². The fourth-order valence-corrected chi connectivity index (χ4v) is 5.17. The van der Waals surface area contributed by atoms with Gasteiger partial charge in [-0.05, 0) is 60.9 Å². The van der Waals surface area contributed by atoms with E-state index in [-0.39, 0.29) is 5.91 Å². The molecule has 0 aliphatic carbocycles. The van der Waals surface area contributed by atoms with E-state index in [9.17, 15) is 14.8 Å². The lowest BCUT2D eigenvalue weighted by Crippen LogP contribution is -2.45. The molecule has 8 nitrogen and oxygen atoms in total. The lowest BCUT2D eigenvalue weighted by atomic mass is 9.99. The number of nitrogens with one attached hydrogen (secondary N) is 2. The molecule has 1 aromatic heterocycles. The second-order valence-electron chi connectivity index (χ2n) is 9.55. The number of methoxy groups -OCH3 is 1. The van der Waals surface area contributed by atoms with Gasteiger partial charge in [0.05, 0.1) is 30.3 Å². The van der Waals surface area contributed by atoms with Crippen molar-refractivity contribution >= 4 is 28.4 Å². The maximum absolute atomic E-state index is 13.2. The molecule has 8 heteroatoms. The molecule has 1 aliphatic rings. The Hall–Kier alpha value is -4.43. The van der Waals surface area contributed by atoms with Gasteiger partial charge >= 0.3 is 0 Å². The van der Waals surface area contributed by atoms with Gasteiger partial charge < -0.3 is 15.0 Å². The molecule has 38 heavy (non-hydrogen) atoms. The predicted molar refractivity (Wildman–Crippen MR) is 146 cm³/mol. The number of para-hydroxylation sites is 3. The van der Waals surface area contributed by atoms with Crippen molar-refractivity contribution in [1.82, 2.24) is 15.8 Å². The highest BCUT2D eigenvalue weighted by Gasteiger charge is 2.39. The summed E-state index contributed by atoms with van der Waals surface area (Å²) >= 11 is 0. The summed E-state index contributed by atoms with van der Waals surface area (Å²) in [7, 11) is 1.59. The van der Waals surface area contributed by atoms with E-state index in [0.29, 0.717) is 24.4 Å². The fraction of sp³-hybridized carbons (Fsp3) is 0.233. The smallest absolute Gasteiger partial charge is 0.251 e. The number of carbonyl (C=O) groups excluding carboxylic acids is 2. The van der Waals surface area contributed by atoms with Gasteiger partial charge in [-0.25, -0.2) is 5.48 Å². The highest BCUT2D eigenvalue weighted by molar-refractivity contribution is 5.95. The summed E-state index contributed by atoms with van der Waals surface area (Å²) in [4.78, 5) is 32.2. The van der Waals surface area contributed by atoms with Crippen molar-refractivity contribution in [2.24, 2.45) is 5.92 Å². The van der Waals surface area contributed by atoms with Crippen LogP contribution in [0.3, 0.4) is 0 Å². The number of amides is 2. The second-order valence-corrected chi connectivity index (χ2v) is 9.55. The normalized spacial score (nSPS) is 16.9. The molecule has 0 bridgehead atoms. The first-order chi connectivity index (χ1) is 18.5. The van der Waals surface area contributed by atoms with E-state index in [1.807, 2.05) is 66.4 Å². The van der Waals surface area contributed by atoms with Crippen molar-refractivity contribution in [3.63, 3.8) is 0 Å². The van der Waals surface area contributed by atoms with Crippen molar-refractivity contribution in [2.75, 3.05) is 25.1 Å². The van der Waals surface area contributed by atoms with Crippen LogP contribution in [-0.4, -0.2) is 48.2 Å². The number of fused-ring (bicyclic) bond motifs is 1. The minimum absolute atomic E-state index is 0.274. The molecule has 194 valence electrons. The van der Waals surface area contributed by atoms with Gasteiger partial charge in [0.25, 0.3) is 5.91 Å². The number of pyridine rings is 1. The van der Waals surface area contributed by atoms with E-state index in [4.69, 9.17) is 4.74 Å². The number of nitrogens with zero attached hydrogens (tertiary/aromatic N) is 2. The first-order valence-electron chi connectivity index (χ1n) is 12.5. The van der Waals surface area contributed by atoms with Crippen LogP contribution in [0.25, 0.3) is 10.9 Å². The van der Waals surface area contributed by atoms with E-state index in [2.05, 4.69) is 22.4 Å². The van der Waals surface area contributed by atoms with Crippen LogP contribution in [0.4, 0.5) is 5.69 Å². The molecule has 0 unspecified atom stereocenters. The molecule has 2 atom stereocenters. The van der Waals surface area contributed by atoms with Crippen LogP contribution in [-0.2, 0) is 11.2 Å². The number of aryl methyl sites for hydroxylation is 1. The number of anilines is 1. The SMILES string of the molecule is COc1ccccc1N1C[C@H](C(=O)NO)[C@H](NC(=O)c2ccc(Cc3cc(C)nc4ccccc34)cc2)C1. The minimum Gasteiger partial charge on any atom is -0.495 e. The van der Waals surface area contributed by atoms with Crippen LogP contribution < -0.4 is 20.4 Å². The number of hydroxylamine groups is 1. The molecule has 5 rings (SSSR count). The summed E-state index contributed by atoms with van der Waals surface area (Å²) < 4.78 is 5.47. The first-order valence-corrected chi connectivity index (χ1v) is 12.5. The third-order valence-electron chi connectivity index (χ3n) is 7.05. The molecule has 1 aliphatic heterocycles. The van der Waals surface area contributed by atoms with Gasteiger partial charge in [-0.15, -0.1) is 0 Å². The van der Waals surface area contributed by atoms with Crippen LogP contribution in [0.15, 0.2) is 78.9 Å². The van der Waals surface area contributed by atoms with Gasteiger partial charge in [0.15, 0.2) is 0 Å². The molecule has 4 aromatic rings. The zero-order valence-electron chi connectivity index (χ0n) is 21.3. The number of carbonyl (C=O) groups is 2. The zero-order valence-corrected chi connectivity index (χ0v) is 21.3. The second kappa shape index (κ2) is 10.9. The van der Waals surface area contributed by atoms with Crippen molar-refractivity contribution in [1.29, 1.82) is 0 Å². The maximum Gasteiger partial charge on any atom is 0.251 e. The van der Waals surface area contributed by atoms with Gasteiger partial charge in [0, 0.05) is 29.7 Å². The highest BCUT2D eigenvalue weighted by atomic mass is 16.5. The number of hydrogen-bond acceptors (Lipinski definition) is 6. The number of rotatable bonds is 7. The Morgan fingerprint density at radius 2 is 1.76 bits per heavy atom. The average molecular weight is 511 g/mol. The van der Waals surface area contributed by atoms with Crippen molar-refractivity contribution < 1.29 is 19.5 Å². The highest BCUT2D eigenvalue weighted by Crippen LogP contribution is 2.32. The Balaban J connectivity index is 1.31. The van der Waals surface area contributed by atoms with Crippen LogP contribution in [0.1, 0.15) is 27.2 Å². The third-order valence-corrected chi connectivity index (χ3v) is 7.05. The molecule has 3 aromatic carbocycles. The Morgan fingerprint density at radius 3 is 2.53 bits per heavy atom. The van der Waals surface area contributed by atoms with Gasteiger partial charge in [0.2, 0.25) is 5.91 Å². The molecule has 1 fully saturated rings. The monoisotopic (exact) mass is 510 g/mol. The topological polar surface area (TPSA) is 104 Å². The van der Waals surface area contributed by atoms with Crippen LogP contribution in [0.2, 0.25) is 0 Å². The third kappa shape index (κ3) is 5.17. The maximum atomic E-state index is 13.2. The lowest BCUT2D eigenvalue weighted by Gasteiger charge is -2.21. The van der Waals surface area contributed by atoms with Crippen LogP contribution in [0.5, 0.6) is 5.75 Å². The molecule has 0 spiro atoms. The van der Waals surface area contributed by atoms with E-state index < -0.39 is 17.9 Å². The molecule has 3 N–H and O–H groups in total. The van der Waals surface area contributed by atoms with Gasteiger partial charge in [-0.3, -0.25) is 19.8 Å². The fourth-order valence-electron chi connectivity index (χ4n) is 5.17. The zero-order chi connectivity index (χ0) is 26.6. The number of ether oxygens (including phenoxy) is 1. The molecule has 0 saturated carbocycles. The molecule has 1 saturated heterocycles. The summed E-state index contributed by atoms with van der Waals surface area (Å²) in [6.07, 6.45) is 0.723.